The average Bonchev–Trinajstić information content (AvgIpc) is 2.95. The molecule has 0 aromatic carbocycles. The first-order chi connectivity index (χ1) is 11.2. The Labute approximate surface area is 142 Å². The summed E-state index contributed by atoms with van der Waals surface area (Å²) in [4.78, 5) is 22.7. The smallest absolute Gasteiger partial charge is 0.262 e. The zero-order chi connectivity index (χ0) is 16.4. The molecule has 5 heteroatoms. The summed E-state index contributed by atoms with van der Waals surface area (Å²) in [7, 11) is 0. The molecular formula is C18H27N3OS. The molecule has 0 saturated carbocycles. The van der Waals surface area contributed by atoms with Gasteiger partial charge in [-0.2, -0.15) is 0 Å². The van der Waals surface area contributed by atoms with Crippen molar-refractivity contribution in [3.63, 3.8) is 0 Å². The van der Waals surface area contributed by atoms with E-state index in [2.05, 4.69) is 25.7 Å². The molecule has 2 heterocycles. The summed E-state index contributed by atoms with van der Waals surface area (Å²) in [5.74, 6) is 0.938. The van der Waals surface area contributed by atoms with E-state index in [0.29, 0.717) is 0 Å². The molecule has 0 saturated heterocycles. The van der Waals surface area contributed by atoms with Crippen LogP contribution in [0.15, 0.2) is 4.79 Å². The van der Waals surface area contributed by atoms with Crippen molar-refractivity contribution in [2.45, 2.75) is 59.4 Å². The Hall–Kier alpha value is -1.20. The van der Waals surface area contributed by atoms with Crippen molar-refractivity contribution in [3.05, 3.63) is 26.6 Å². The third-order valence-electron chi connectivity index (χ3n) is 5.00. The van der Waals surface area contributed by atoms with Crippen LogP contribution < -0.4 is 5.56 Å². The Balaban J connectivity index is 2.05. The molecule has 4 nitrogen and oxygen atoms in total. The van der Waals surface area contributed by atoms with Crippen LogP contribution in [-0.4, -0.2) is 34.1 Å². The van der Waals surface area contributed by atoms with E-state index in [1.165, 1.54) is 23.3 Å². The average molecular weight is 334 g/mol. The molecule has 126 valence electrons. The van der Waals surface area contributed by atoms with Crippen LogP contribution in [0.2, 0.25) is 0 Å². The van der Waals surface area contributed by atoms with Crippen LogP contribution in [0.3, 0.4) is 0 Å². The fourth-order valence-electron chi connectivity index (χ4n) is 3.56. The highest BCUT2D eigenvalue weighted by atomic mass is 32.1. The van der Waals surface area contributed by atoms with Crippen molar-refractivity contribution in [1.82, 2.24) is 14.5 Å². The van der Waals surface area contributed by atoms with Gasteiger partial charge in [-0.3, -0.25) is 9.36 Å². The number of fused-ring (bicyclic) bond motifs is 3. The number of hydrogen-bond donors (Lipinski definition) is 0. The zero-order valence-corrected chi connectivity index (χ0v) is 15.3. The maximum Gasteiger partial charge on any atom is 0.262 e. The Bertz CT molecular complexity index is 743. The standard InChI is InChI=1S/C18H27N3OS/c1-4-15-19-17-16(13-9-7-8-10-14(13)23-17)18(22)21(15)12-11-20(5-2)6-3/h4-12H2,1-3H3. The van der Waals surface area contributed by atoms with Gasteiger partial charge in [0.2, 0.25) is 0 Å². The van der Waals surface area contributed by atoms with Crippen LogP contribution in [0.25, 0.3) is 10.2 Å². The lowest BCUT2D eigenvalue weighted by Crippen LogP contribution is -2.33. The molecule has 2 aromatic heterocycles. The minimum absolute atomic E-state index is 0.193. The molecule has 0 atom stereocenters. The molecule has 0 fully saturated rings. The molecular weight excluding hydrogens is 306 g/mol. The maximum atomic E-state index is 13.1. The van der Waals surface area contributed by atoms with Gasteiger partial charge in [-0.15, -0.1) is 11.3 Å². The number of aromatic nitrogens is 2. The quantitative estimate of drug-likeness (QED) is 0.814. The van der Waals surface area contributed by atoms with Gasteiger partial charge in [-0.1, -0.05) is 20.8 Å². The van der Waals surface area contributed by atoms with Gasteiger partial charge in [-0.25, -0.2) is 4.98 Å². The number of hydrogen-bond acceptors (Lipinski definition) is 4. The summed E-state index contributed by atoms with van der Waals surface area (Å²) in [6, 6.07) is 0. The van der Waals surface area contributed by atoms with Crippen LogP contribution >= 0.6 is 11.3 Å². The second kappa shape index (κ2) is 7.14. The largest absolute Gasteiger partial charge is 0.302 e. The Morgan fingerprint density at radius 2 is 1.91 bits per heavy atom. The predicted molar refractivity (Wildman–Crippen MR) is 97.7 cm³/mol. The van der Waals surface area contributed by atoms with Crippen molar-refractivity contribution in [2.75, 3.05) is 19.6 Å². The summed E-state index contributed by atoms with van der Waals surface area (Å²) in [6.07, 6.45) is 5.43. The summed E-state index contributed by atoms with van der Waals surface area (Å²) in [6.45, 7) is 10.1. The summed E-state index contributed by atoms with van der Waals surface area (Å²) in [5.41, 5.74) is 1.49. The Morgan fingerprint density at radius 1 is 1.17 bits per heavy atom. The number of nitrogens with zero attached hydrogens (tertiary/aromatic N) is 3. The van der Waals surface area contributed by atoms with E-state index < -0.39 is 0 Å². The fraction of sp³-hybridized carbons (Fsp3) is 0.667. The van der Waals surface area contributed by atoms with E-state index in [0.717, 1.165) is 61.5 Å². The monoisotopic (exact) mass is 333 g/mol. The first-order valence-electron chi connectivity index (χ1n) is 8.95. The maximum absolute atomic E-state index is 13.1. The lowest BCUT2D eigenvalue weighted by atomic mass is 9.97. The highest BCUT2D eigenvalue weighted by Crippen LogP contribution is 2.33. The minimum Gasteiger partial charge on any atom is -0.302 e. The molecule has 0 N–H and O–H groups in total. The van der Waals surface area contributed by atoms with Gasteiger partial charge in [0.05, 0.1) is 5.39 Å². The van der Waals surface area contributed by atoms with Crippen molar-refractivity contribution < 1.29 is 0 Å². The molecule has 3 rings (SSSR count). The highest BCUT2D eigenvalue weighted by Gasteiger charge is 2.21. The minimum atomic E-state index is 0.193. The molecule has 0 spiro atoms. The van der Waals surface area contributed by atoms with Crippen molar-refractivity contribution in [1.29, 1.82) is 0 Å². The summed E-state index contributed by atoms with van der Waals surface area (Å²) in [5, 5.41) is 0.918. The van der Waals surface area contributed by atoms with E-state index >= 15 is 0 Å². The van der Waals surface area contributed by atoms with Gasteiger partial charge in [0, 0.05) is 24.4 Å². The lowest BCUT2D eigenvalue weighted by molar-refractivity contribution is 0.287. The van der Waals surface area contributed by atoms with E-state index in [-0.39, 0.29) is 5.56 Å². The third-order valence-corrected chi connectivity index (χ3v) is 6.19. The van der Waals surface area contributed by atoms with Gasteiger partial charge in [0.15, 0.2) is 0 Å². The first-order valence-corrected chi connectivity index (χ1v) is 9.77. The second-order valence-corrected chi connectivity index (χ2v) is 7.34. The second-order valence-electron chi connectivity index (χ2n) is 6.26. The fourth-order valence-corrected chi connectivity index (χ4v) is 4.83. The predicted octanol–water partition coefficient (Wildman–Crippen LogP) is 3.24. The van der Waals surface area contributed by atoms with E-state index in [1.54, 1.807) is 11.3 Å². The number of thiophene rings is 1. The molecule has 2 aromatic rings. The highest BCUT2D eigenvalue weighted by molar-refractivity contribution is 7.18. The Morgan fingerprint density at radius 3 is 2.61 bits per heavy atom. The SMILES string of the molecule is CCc1nc2sc3c(c2c(=O)n1CCN(CC)CC)CCCC3. The molecule has 1 aliphatic rings. The van der Waals surface area contributed by atoms with Crippen LogP contribution in [0.1, 0.15) is 49.9 Å². The van der Waals surface area contributed by atoms with Crippen LogP contribution in [-0.2, 0) is 25.8 Å². The first kappa shape index (κ1) is 16.7. The van der Waals surface area contributed by atoms with Gasteiger partial charge < -0.3 is 4.90 Å². The van der Waals surface area contributed by atoms with E-state index in [4.69, 9.17) is 4.98 Å². The third kappa shape index (κ3) is 3.09. The summed E-state index contributed by atoms with van der Waals surface area (Å²) >= 11 is 1.75. The van der Waals surface area contributed by atoms with Gasteiger partial charge in [0.25, 0.3) is 5.56 Å². The van der Waals surface area contributed by atoms with Crippen molar-refractivity contribution >= 4 is 21.6 Å². The molecule has 0 unspecified atom stereocenters. The van der Waals surface area contributed by atoms with Crippen LogP contribution in [0.4, 0.5) is 0 Å². The van der Waals surface area contributed by atoms with Gasteiger partial charge in [0.1, 0.15) is 10.7 Å². The number of aryl methyl sites for hydroxylation is 3. The molecule has 23 heavy (non-hydrogen) atoms. The van der Waals surface area contributed by atoms with Gasteiger partial charge >= 0.3 is 0 Å². The molecule has 0 radical (unpaired) electrons. The van der Waals surface area contributed by atoms with Crippen molar-refractivity contribution in [3.8, 4) is 0 Å². The van der Waals surface area contributed by atoms with Gasteiger partial charge in [-0.05, 0) is 44.3 Å². The summed E-state index contributed by atoms with van der Waals surface area (Å²) < 4.78 is 1.93. The lowest BCUT2D eigenvalue weighted by Gasteiger charge is -2.20. The zero-order valence-electron chi connectivity index (χ0n) is 14.5. The Kier molecular flexibility index (Phi) is 5.17. The van der Waals surface area contributed by atoms with Crippen LogP contribution in [0, 0.1) is 0 Å². The normalized spacial score (nSPS) is 14.6. The molecule has 0 amide bonds. The topological polar surface area (TPSA) is 38.1 Å². The van der Waals surface area contributed by atoms with Crippen LogP contribution in [0.5, 0.6) is 0 Å². The van der Waals surface area contributed by atoms with E-state index in [1.807, 2.05) is 4.57 Å². The number of likely N-dealkylation sites (N-methyl/N-ethyl adjacent to an activating group) is 1. The van der Waals surface area contributed by atoms with Crippen molar-refractivity contribution in [2.24, 2.45) is 0 Å². The number of rotatable bonds is 6. The molecule has 0 bridgehead atoms. The molecule has 0 aliphatic heterocycles. The van der Waals surface area contributed by atoms with E-state index in [9.17, 15) is 4.79 Å². The molecule has 1 aliphatic carbocycles.